The van der Waals surface area contributed by atoms with Crippen LogP contribution in [0.5, 0.6) is 5.75 Å². The summed E-state index contributed by atoms with van der Waals surface area (Å²) in [5, 5.41) is 3.44. The molecule has 3 aromatic carbocycles. The first-order valence-corrected chi connectivity index (χ1v) is 8.27. The fourth-order valence-corrected chi connectivity index (χ4v) is 4.73. The number of hydrogen-bond donors (Lipinski definition) is 0. The molecule has 3 rings (SSSR count). The highest BCUT2D eigenvalue weighted by Gasteiger charge is 2.19. The van der Waals surface area contributed by atoms with E-state index in [9.17, 15) is 4.79 Å². The van der Waals surface area contributed by atoms with Gasteiger partial charge < -0.3 is 4.74 Å². The van der Waals surface area contributed by atoms with Crippen LogP contribution in [0.15, 0.2) is 84.9 Å². The summed E-state index contributed by atoms with van der Waals surface area (Å²) in [5.41, 5.74) is 0. The van der Waals surface area contributed by atoms with Crippen LogP contribution in [0.25, 0.3) is 0 Å². The van der Waals surface area contributed by atoms with Gasteiger partial charge in [-0.1, -0.05) is 78.9 Å². The Labute approximate surface area is 131 Å². The van der Waals surface area contributed by atoms with Crippen LogP contribution < -0.4 is 20.7 Å². The van der Waals surface area contributed by atoms with E-state index in [4.69, 9.17) is 4.74 Å². The van der Waals surface area contributed by atoms with Gasteiger partial charge in [-0.25, -0.2) is 4.79 Å². The summed E-state index contributed by atoms with van der Waals surface area (Å²) in [6, 6.07) is 28.2. The van der Waals surface area contributed by atoms with E-state index < -0.39 is 7.92 Å². The molecule has 0 heterocycles. The third-order valence-corrected chi connectivity index (χ3v) is 5.77. The number of benzene rings is 3. The largest absolute Gasteiger partial charge is 0.423 e. The van der Waals surface area contributed by atoms with Crippen LogP contribution in [0.2, 0.25) is 0 Å². The molecule has 3 aromatic rings. The molecule has 0 aliphatic rings. The summed E-state index contributed by atoms with van der Waals surface area (Å²) in [7, 11) is -0.782. The van der Waals surface area contributed by atoms with Gasteiger partial charge in [0.25, 0.3) is 0 Å². The summed E-state index contributed by atoms with van der Waals surface area (Å²) < 4.78 is 5.07. The summed E-state index contributed by atoms with van der Waals surface area (Å²) in [6.45, 7) is 1.54. The number of carbonyl (C=O) groups excluding carboxylic acids is 1. The van der Waals surface area contributed by atoms with Crippen molar-refractivity contribution >= 4 is 30.3 Å². The fraction of sp³-hybridized carbons (Fsp3) is 0. The second-order valence-corrected chi connectivity index (χ2v) is 6.85. The molecule has 0 aliphatic heterocycles. The zero-order valence-electron chi connectivity index (χ0n) is 11.8. The molecule has 0 spiro atoms. The average Bonchev–Trinajstić information content (AvgIpc) is 2.59. The minimum absolute atomic E-state index is 0.566. The highest BCUT2D eigenvalue weighted by molar-refractivity contribution is 7.80. The van der Waals surface area contributed by atoms with Crippen LogP contribution in [0, 0.1) is 0 Å². The molecule has 0 atom stereocenters. The Morgan fingerprint density at radius 3 is 1.73 bits per heavy atom. The molecular weight excluding hydrogens is 291 g/mol. The van der Waals surface area contributed by atoms with Crippen LogP contribution in [-0.4, -0.2) is 6.47 Å². The molecule has 2 nitrogen and oxygen atoms in total. The van der Waals surface area contributed by atoms with Crippen molar-refractivity contribution in [3.8, 4) is 5.75 Å². The van der Waals surface area contributed by atoms with Crippen LogP contribution in [-0.2, 0) is 4.79 Å². The van der Waals surface area contributed by atoms with Gasteiger partial charge in [-0.15, -0.1) is 0 Å². The maximum absolute atomic E-state index is 10.7. The van der Waals surface area contributed by atoms with Crippen molar-refractivity contribution in [3.63, 3.8) is 0 Å². The summed E-state index contributed by atoms with van der Waals surface area (Å²) in [6.07, 6.45) is 0. The third-order valence-electron chi connectivity index (χ3n) is 3.29. The van der Waals surface area contributed by atoms with Gasteiger partial charge in [0.05, 0.1) is 0 Å². The van der Waals surface area contributed by atoms with E-state index in [1.807, 2.05) is 54.6 Å². The molecule has 0 bridgehead atoms. The number of hydrogen-bond acceptors (Lipinski definition) is 2. The van der Waals surface area contributed by atoms with E-state index in [1.165, 1.54) is 10.6 Å². The van der Waals surface area contributed by atoms with Crippen LogP contribution >= 0.6 is 7.92 Å². The van der Waals surface area contributed by atoms with Crippen molar-refractivity contribution < 1.29 is 9.53 Å². The van der Waals surface area contributed by atoms with E-state index >= 15 is 0 Å². The lowest BCUT2D eigenvalue weighted by Crippen LogP contribution is -2.22. The predicted molar refractivity (Wildman–Crippen MR) is 91.5 cm³/mol. The normalized spacial score (nSPS) is 10.4. The van der Waals surface area contributed by atoms with Crippen molar-refractivity contribution in [1.82, 2.24) is 0 Å². The molecule has 0 aromatic heterocycles. The van der Waals surface area contributed by atoms with Crippen molar-refractivity contribution in [1.29, 1.82) is 0 Å². The quantitative estimate of drug-likeness (QED) is 0.678. The number of ether oxygens (including phenoxy) is 1. The molecule has 1 radical (unpaired) electrons. The highest BCUT2D eigenvalue weighted by Crippen LogP contribution is 2.36. The minimum Gasteiger partial charge on any atom is -0.417 e. The Morgan fingerprint density at radius 2 is 1.18 bits per heavy atom. The minimum atomic E-state index is -0.782. The molecule has 3 heteroatoms. The molecule has 107 valence electrons. The van der Waals surface area contributed by atoms with E-state index in [1.54, 1.807) is 12.5 Å². The van der Waals surface area contributed by atoms with Crippen molar-refractivity contribution in [2.75, 3.05) is 0 Å². The van der Waals surface area contributed by atoms with Crippen LogP contribution in [0.1, 0.15) is 0 Å². The van der Waals surface area contributed by atoms with Gasteiger partial charge in [0.2, 0.25) is 0 Å². The Kier molecular flexibility index (Phi) is 4.62. The van der Waals surface area contributed by atoms with Crippen molar-refractivity contribution in [2.45, 2.75) is 0 Å². The van der Waals surface area contributed by atoms with E-state index in [0.29, 0.717) is 5.75 Å². The van der Waals surface area contributed by atoms with E-state index in [-0.39, 0.29) is 0 Å². The maximum Gasteiger partial charge on any atom is 0.423 e. The molecule has 0 saturated heterocycles. The molecule has 0 unspecified atom stereocenters. The summed E-state index contributed by atoms with van der Waals surface area (Å²) >= 11 is 0. The standard InChI is InChI=1S/C19H14O2P/c20-15-21-18-13-7-8-14-19(18)22(16-9-3-1-4-10-16)17-11-5-2-6-12-17/h1-14H. The molecule has 0 saturated carbocycles. The Morgan fingerprint density at radius 1 is 0.682 bits per heavy atom. The monoisotopic (exact) mass is 305 g/mol. The Balaban J connectivity index is 2.17. The van der Waals surface area contributed by atoms with Gasteiger partial charge in [-0.3, -0.25) is 0 Å². The summed E-state index contributed by atoms with van der Waals surface area (Å²) in [4.78, 5) is 10.7. The molecule has 0 amide bonds. The third kappa shape index (κ3) is 3.08. The lowest BCUT2D eigenvalue weighted by atomic mass is 10.3. The lowest BCUT2D eigenvalue weighted by Gasteiger charge is -2.20. The van der Waals surface area contributed by atoms with Crippen molar-refractivity contribution in [3.05, 3.63) is 84.9 Å². The average molecular weight is 305 g/mol. The first-order valence-electron chi connectivity index (χ1n) is 6.93. The Bertz CT molecular complexity index is 702. The number of para-hydroxylation sites is 1. The van der Waals surface area contributed by atoms with Gasteiger partial charge >= 0.3 is 6.47 Å². The predicted octanol–water partition coefficient (Wildman–Crippen LogP) is 2.89. The second-order valence-electron chi connectivity index (χ2n) is 4.66. The first kappa shape index (κ1) is 14.5. The smallest absolute Gasteiger partial charge is 0.417 e. The first-order chi connectivity index (χ1) is 10.9. The van der Waals surface area contributed by atoms with Crippen LogP contribution in [0.4, 0.5) is 0 Å². The zero-order chi connectivity index (χ0) is 15.2. The highest BCUT2D eigenvalue weighted by atomic mass is 31.1. The van der Waals surface area contributed by atoms with Crippen molar-refractivity contribution in [2.24, 2.45) is 0 Å². The molecule has 22 heavy (non-hydrogen) atoms. The molecule has 0 N–H and O–H groups in total. The molecule has 0 aliphatic carbocycles. The lowest BCUT2D eigenvalue weighted by molar-refractivity contribution is 0.444. The summed E-state index contributed by atoms with van der Waals surface area (Å²) in [5.74, 6) is 0.566. The van der Waals surface area contributed by atoms with Gasteiger partial charge in [-0.05, 0) is 24.6 Å². The maximum atomic E-state index is 10.7. The van der Waals surface area contributed by atoms with Gasteiger partial charge in [-0.2, -0.15) is 0 Å². The number of rotatable bonds is 5. The van der Waals surface area contributed by atoms with Gasteiger partial charge in [0.1, 0.15) is 5.75 Å². The van der Waals surface area contributed by atoms with Gasteiger partial charge in [0, 0.05) is 5.30 Å². The van der Waals surface area contributed by atoms with E-state index in [2.05, 4.69) is 24.3 Å². The van der Waals surface area contributed by atoms with Crippen LogP contribution in [0.3, 0.4) is 0 Å². The van der Waals surface area contributed by atoms with Gasteiger partial charge in [0.15, 0.2) is 0 Å². The SMILES string of the molecule is O=[C]Oc1ccccc1P(c1ccccc1)c1ccccc1. The molecule has 0 fully saturated rings. The molecular formula is C19H14O2P. The fourth-order valence-electron chi connectivity index (χ4n) is 2.35. The zero-order valence-corrected chi connectivity index (χ0v) is 12.7. The van der Waals surface area contributed by atoms with E-state index in [0.717, 1.165) is 5.30 Å². The topological polar surface area (TPSA) is 26.3 Å². The Hall–Kier alpha value is -2.44. The second kappa shape index (κ2) is 7.02.